The van der Waals surface area contributed by atoms with Gasteiger partial charge in [-0.05, 0) is 19.1 Å². The summed E-state index contributed by atoms with van der Waals surface area (Å²) in [6, 6.07) is 2.21. The highest BCUT2D eigenvalue weighted by molar-refractivity contribution is 7.89. The molecule has 5 nitrogen and oxygen atoms in total. The van der Waals surface area contributed by atoms with Gasteiger partial charge in [0.2, 0.25) is 10.0 Å². The van der Waals surface area contributed by atoms with Gasteiger partial charge in [-0.3, -0.25) is 0 Å². The van der Waals surface area contributed by atoms with Gasteiger partial charge < -0.3 is 5.73 Å². The maximum Gasteiger partial charge on any atom is 0.246 e. The molecule has 0 fully saturated rings. The summed E-state index contributed by atoms with van der Waals surface area (Å²) in [6.07, 6.45) is 0. The van der Waals surface area contributed by atoms with Crippen molar-refractivity contribution >= 4 is 38.6 Å². The van der Waals surface area contributed by atoms with E-state index in [0.29, 0.717) is 5.69 Å². The first kappa shape index (κ1) is 16.2. The molecule has 2 aromatic rings. The molecule has 1 heterocycles. The van der Waals surface area contributed by atoms with Crippen molar-refractivity contribution in [2.75, 3.05) is 12.8 Å². The van der Waals surface area contributed by atoms with Gasteiger partial charge >= 0.3 is 0 Å². The average Bonchev–Trinajstić information content (AvgIpc) is 2.79. The van der Waals surface area contributed by atoms with Gasteiger partial charge in [-0.2, -0.15) is 4.31 Å². The minimum Gasteiger partial charge on any atom is -0.396 e. The molecule has 0 spiro atoms. The van der Waals surface area contributed by atoms with Crippen molar-refractivity contribution in [3.8, 4) is 0 Å². The van der Waals surface area contributed by atoms with Gasteiger partial charge in [-0.15, -0.1) is 11.3 Å². The lowest BCUT2D eigenvalue weighted by Crippen LogP contribution is -2.27. The lowest BCUT2D eigenvalue weighted by molar-refractivity contribution is 0.456. The first-order chi connectivity index (χ1) is 9.71. The highest BCUT2D eigenvalue weighted by Gasteiger charge is 2.27. The Morgan fingerprint density at radius 3 is 2.71 bits per heavy atom. The van der Waals surface area contributed by atoms with Gasteiger partial charge in [0.15, 0.2) is 5.82 Å². The Hall–Kier alpha value is -1.22. The lowest BCUT2D eigenvalue weighted by atomic mass is 10.3. The molecule has 1 aromatic carbocycles. The van der Waals surface area contributed by atoms with Crippen LogP contribution in [0.1, 0.15) is 10.7 Å². The fourth-order valence-electron chi connectivity index (χ4n) is 1.73. The molecule has 0 saturated heterocycles. The number of hydrogen-bond acceptors (Lipinski definition) is 5. The molecule has 0 bridgehead atoms. The van der Waals surface area contributed by atoms with Crippen LogP contribution >= 0.6 is 22.9 Å². The zero-order chi connectivity index (χ0) is 15.8. The SMILES string of the molecule is Cc1nc(CN(C)S(=O)(=O)c2cc(Cl)cc(N)c2F)cs1. The number of rotatable bonds is 4. The molecule has 1 aromatic heterocycles. The number of aromatic nitrogens is 1. The number of thiazole rings is 1. The molecule has 9 heteroatoms. The quantitative estimate of drug-likeness (QED) is 0.861. The van der Waals surface area contributed by atoms with E-state index >= 15 is 0 Å². The third-order valence-electron chi connectivity index (χ3n) is 2.77. The Morgan fingerprint density at radius 2 is 2.14 bits per heavy atom. The van der Waals surface area contributed by atoms with Crippen molar-refractivity contribution in [3.63, 3.8) is 0 Å². The van der Waals surface area contributed by atoms with E-state index in [0.717, 1.165) is 15.4 Å². The van der Waals surface area contributed by atoms with Gasteiger partial charge in [0.25, 0.3) is 0 Å². The van der Waals surface area contributed by atoms with Crippen molar-refractivity contribution in [1.29, 1.82) is 0 Å². The Labute approximate surface area is 131 Å². The highest BCUT2D eigenvalue weighted by atomic mass is 35.5. The summed E-state index contributed by atoms with van der Waals surface area (Å²) in [7, 11) is -2.70. The number of benzene rings is 1. The summed E-state index contributed by atoms with van der Waals surface area (Å²) in [5, 5.41) is 2.64. The molecule has 0 aliphatic heterocycles. The molecule has 0 saturated carbocycles. The second-order valence-corrected chi connectivity index (χ2v) is 7.94. The predicted molar refractivity (Wildman–Crippen MR) is 81.3 cm³/mol. The van der Waals surface area contributed by atoms with Gasteiger partial charge in [-0.25, -0.2) is 17.8 Å². The van der Waals surface area contributed by atoms with E-state index in [1.165, 1.54) is 24.5 Å². The molecule has 2 N–H and O–H groups in total. The van der Waals surface area contributed by atoms with Crippen LogP contribution in [-0.4, -0.2) is 24.8 Å². The van der Waals surface area contributed by atoms with E-state index in [4.69, 9.17) is 17.3 Å². The Morgan fingerprint density at radius 1 is 1.48 bits per heavy atom. The number of nitrogen functional groups attached to an aromatic ring is 1. The van der Waals surface area contributed by atoms with Crippen LogP contribution in [0.4, 0.5) is 10.1 Å². The van der Waals surface area contributed by atoms with Crippen molar-refractivity contribution in [2.24, 2.45) is 0 Å². The highest BCUT2D eigenvalue weighted by Crippen LogP contribution is 2.27. The molecule has 0 aliphatic rings. The molecular weight excluding hydrogens is 337 g/mol. The van der Waals surface area contributed by atoms with Crippen molar-refractivity contribution in [3.05, 3.63) is 39.1 Å². The molecule has 0 unspecified atom stereocenters. The van der Waals surface area contributed by atoms with Crippen LogP contribution in [0.5, 0.6) is 0 Å². The van der Waals surface area contributed by atoms with Crippen LogP contribution in [0.15, 0.2) is 22.4 Å². The van der Waals surface area contributed by atoms with Crippen LogP contribution in [0.2, 0.25) is 5.02 Å². The summed E-state index contributed by atoms with van der Waals surface area (Å²) in [5.74, 6) is -0.999. The van der Waals surface area contributed by atoms with E-state index in [2.05, 4.69) is 4.98 Å². The summed E-state index contributed by atoms with van der Waals surface area (Å²) in [6.45, 7) is 1.86. The first-order valence-corrected chi connectivity index (χ1v) is 8.53. The van der Waals surface area contributed by atoms with Crippen LogP contribution < -0.4 is 5.73 Å². The van der Waals surface area contributed by atoms with Gasteiger partial charge in [0.05, 0.1) is 22.9 Å². The fourth-order valence-corrected chi connectivity index (χ4v) is 3.89. The zero-order valence-electron chi connectivity index (χ0n) is 11.3. The van der Waals surface area contributed by atoms with Gasteiger partial charge in [0, 0.05) is 17.5 Å². The summed E-state index contributed by atoms with van der Waals surface area (Å²) in [4.78, 5) is 3.64. The average molecular weight is 350 g/mol. The smallest absolute Gasteiger partial charge is 0.246 e. The molecule has 21 heavy (non-hydrogen) atoms. The number of anilines is 1. The molecular formula is C12H13ClFN3O2S2. The van der Waals surface area contributed by atoms with Gasteiger partial charge in [0.1, 0.15) is 4.90 Å². The summed E-state index contributed by atoms with van der Waals surface area (Å²) in [5.41, 5.74) is 5.71. The molecule has 0 radical (unpaired) electrons. The Balaban J connectivity index is 2.37. The maximum atomic E-state index is 14.0. The number of nitrogens with zero attached hydrogens (tertiary/aromatic N) is 2. The molecule has 0 atom stereocenters. The number of sulfonamides is 1. The van der Waals surface area contributed by atoms with E-state index < -0.39 is 20.7 Å². The topological polar surface area (TPSA) is 76.3 Å². The number of halogens is 2. The van der Waals surface area contributed by atoms with E-state index in [9.17, 15) is 12.8 Å². The molecule has 2 rings (SSSR count). The third-order valence-corrected chi connectivity index (χ3v) is 5.61. The molecule has 0 amide bonds. The van der Waals surface area contributed by atoms with Gasteiger partial charge in [-0.1, -0.05) is 11.6 Å². The van der Waals surface area contributed by atoms with E-state index in [1.807, 2.05) is 6.92 Å². The fraction of sp³-hybridized carbons (Fsp3) is 0.250. The van der Waals surface area contributed by atoms with Crippen LogP contribution in [0.3, 0.4) is 0 Å². The minimum absolute atomic E-state index is 0.0402. The second kappa shape index (κ2) is 5.88. The van der Waals surface area contributed by atoms with E-state index in [1.54, 1.807) is 5.38 Å². The number of hydrogen-bond donors (Lipinski definition) is 1. The van der Waals surface area contributed by atoms with Crippen molar-refractivity contribution < 1.29 is 12.8 Å². The number of aryl methyl sites for hydroxylation is 1. The number of nitrogens with two attached hydrogens (primary N) is 1. The van der Waals surface area contributed by atoms with Crippen molar-refractivity contribution in [2.45, 2.75) is 18.4 Å². The second-order valence-electron chi connectivity index (χ2n) is 4.43. The maximum absolute atomic E-state index is 14.0. The summed E-state index contributed by atoms with van der Waals surface area (Å²) < 4.78 is 39.8. The minimum atomic E-state index is -4.05. The Kier molecular flexibility index (Phi) is 4.52. The molecule has 0 aliphatic carbocycles. The van der Waals surface area contributed by atoms with E-state index in [-0.39, 0.29) is 17.3 Å². The first-order valence-electron chi connectivity index (χ1n) is 5.83. The third kappa shape index (κ3) is 3.34. The molecule has 114 valence electrons. The zero-order valence-corrected chi connectivity index (χ0v) is 13.7. The lowest BCUT2D eigenvalue weighted by Gasteiger charge is -2.17. The van der Waals surface area contributed by atoms with Crippen molar-refractivity contribution in [1.82, 2.24) is 9.29 Å². The standard InChI is InChI=1S/C12H13ClFN3O2S2/c1-7-16-9(6-20-7)5-17(2)21(18,19)11-4-8(13)3-10(15)12(11)14/h3-4,6H,5,15H2,1-2H3. The van der Waals surface area contributed by atoms with Crippen LogP contribution in [0, 0.1) is 12.7 Å². The normalized spacial score (nSPS) is 12.0. The summed E-state index contributed by atoms with van der Waals surface area (Å²) >= 11 is 7.17. The largest absolute Gasteiger partial charge is 0.396 e. The Bertz CT molecular complexity index is 777. The monoisotopic (exact) mass is 349 g/mol. The van der Waals surface area contributed by atoms with Crippen LogP contribution in [-0.2, 0) is 16.6 Å². The van der Waals surface area contributed by atoms with Crippen LogP contribution in [0.25, 0.3) is 0 Å². The predicted octanol–water partition coefficient (Wildman–Crippen LogP) is 2.65.